The van der Waals surface area contributed by atoms with Gasteiger partial charge in [0.05, 0.1) is 11.0 Å². The lowest BCUT2D eigenvalue weighted by Crippen LogP contribution is -2.24. The van der Waals surface area contributed by atoms with Crippen molar-refractivity contribution < 1.29 is 4.79 Å². The first-order valence-electron chi connectivity index (χ1n) is 11.5. The summed E-state index contributed by atoms with van der Waals surface area (Å²) in [6.45, 7) is 3.45. The topological polar surface area (TPSA) is 38.1 Å². The van der Waals surface area contributed by atoms with Gasteiger partial charge in [0, 0.05) is 31.1 Å². The van der Waals surface area contributed by atoms with Crippen LogP contribution in [0.25, 0.3) is 21.8 Å². The van der Waals surface area contributed by atoms with Crippen molar-refractivity contribution in [2.24, 2.45) is 0 Å². The number of para-hydroxylation sites is 2. The van der Waals surface area contributed by atoms with Gasteiger partial charge in [-0.3, -0.25) is 4.79 Å². The third-order valence-electron chi connectivity index (χ3n) is 6.73. The normalized spacial score (nSPS) is 16.2. The number of aryl methyl sites for hydroxylation is 1. The van der Waals surface area contributed by atoms with Gasteiger partial charge in [0.2, 0.25) is 5.91 Å². The summed E-state index contributed by atoms with van der Waals surface area (Å²) in [4.78, 5) is 19.9. The van der Waals surface area contributed by atoms with Gasteiger partial charge in [0.25, 0.3) is 0 Å². The molecule has 1 saturated heterocycles. The van der Waals surface area contributed by atoms with Crippen LogP contribution in [0.1, 0.15) is 29.3 Å². The zero-order chi connectivity index (χ0) is 22.4. The number of fused-ring (bicyclic) bond motifs is 2. The molecule has 1 aromatic heterocycles. The lowest BCUT2D eigenvalue weighted by Gasteiger charge is -2.18. The minimum atomic E-state index is 0.0566. The Bertz CT molecular complexity index is 1480. The summed E-state index contributed by atoms with van der Waals surface area (Å²) in [6.07, 6.45) is 0.479. The first kappa shape index (κ1) is 19.7. The summed E-state index contributed by atoms with van der Waals surface area (Å²) in [6, 6.07) is 31.4. The molecule has 4 aromatic carbocycles. The molecule has 0 bridgehead atoms. The van der Waals surface area contributed by atoms with E-state index in [0.717, 1.165) is 29.1 Å². The van der Waals surface area contributed by atoms with Crippen molar-refractivity contribution in [2.75, 3.05) is 11.4 Å². The average Bonchev–Trinajstić information content (AvgIpc) is 3.40. The number of anilines is 1. The number of aromatic nitrogens is 2. The van der Waals surface area contributed by atoms with Crippen molar-refractivity contribution in [3.05, 3.63) is 108 Å². The Kier molecular flexibility index (Phi) is 4.72. The van der Waals surface area contributed by atoms with Crippen molar-refractivity contribution in [2.45, 2.75) is 25.8 Å². The maximum atomic E-state index is 13.0. The minimum Gasteiger partial charge on any atom is -0.323 e. The Morgan fingerprint density at radius 3 is 2.52 bits per heavy atom. The first-order chi connectivity index (χ1) is 16.2. The summed E-state index contributed by atoms with van der Waals surface area (Å²) >= 11 is 0. The highest BCUT2D eigenvalue weighted by molar-refractivity contribution is 5.96. The van der Waals surface area contributed by atoms with Crippen LogP contribution in [-0.2, 0) is 11.3 Å². The standard InChI is InChI=1S/C29H25N3O/c1-20-13-15-24(16-14-20)31-19-23(17-28(31)33)29-30-26-11-4-5-12-27(26)32(29)18-22-9-6-8-21-7-2-3-10-25(21)22/h2-16,23H,17-19H2,1H3/t23-/m1/s1. The van der Waals surface area contributed by atoms with Crippen LogP contribution >= 0.6 is 0 Å². The predicted octanol–water partition coefficient (Wildman–Crippen LogP) is 6.07. The van der Waals surface area contributed by atoms with Crippen molar-refractivity contribution in [3.63, 3.8) is 0 Å². The van der Waals surface area contributed by atoms with E-state index in [0.29, 0.717) is 13.0 Å². The Balaban J connectivity index is 1.42. The number of rotatable bonds is 4. The van der Waals surface area contributed by atoms with E-state index < -0.39 is 0 Å². The molecular weight excluding hydrogens is 406 g/mol. The number of carbonyl (C=O) groups excluding carboxylic acids is 1. The van der Waals surface area contributed by atoms with Gasteiger partial charge in [-0.15, -0.1) is 0 Å². The monoisotopic (exact) mass is 431 g/mol. The van der Waals surface area contributed by atoms with Crippen LogP contribution in [0, 0.1) is 6.92 Å². The molecule has 0 N–H and O–H groups in total. The zero-order valence-corrected chi connectivity index (χ0v) is 18.6. The quantitative estimate of drug-likeness (QED) is 0.347. The van der Waals surface area contributed by atoms with E-state index in [-0.39, 0.29) is 11.8 Å². The van der Waals surface area contributed by atoms with Gasteiger partial charge in [-0.1, -0.05) is 72.3 Å². The summed E-state index contributed by atoms with van der Waals surface area (Å²) in [5.41, 5.74) is 5.51. The van der Waals surface area contributed by atoms with Crippen LogP contribution in [0.5, 0.6) is 0 Å². The zero-order valence-electron chi connectivity index (χ0n) is 18.6. The van der Waals surface area contributed by atoms with Gasteiger partial charge in [-0.05, 0) is 47.5 Å². The fraction of sp³-hybridized carbons (Fsp3) is 0.172. The van der Waals surface area contributed by atoms with Crippen LogP contribution in [0.4, 0.5) is 5.69 Å². The van der Waals surface area contributed by atoms with Crippen LogP contribution in [0.3, 0.4) is 0 Å². The van der Waals surface area contributed by atoms with Crippen LogP contribution in [0.15, 0.2) is 91.0 Å². The highest BCUT2D eigenvalue weighted by atomic mass is 16.2. The van der Waals surface area contributed by atoms with E-state index in [2.05, 4.69) is 84.3 Å². The van der Waals surface area contributed by atoms with Crippen molar-refractivity contribution in [1.82, 2.24) is 9.55 Å². The Hall–Kier alpha value is -3.92. The Morgan fingerprint density at radius 1 is 0.879 bits per heavy atom. The molecule has 1 amide bonds. The van der Waals surface area contributed by atoms with Gasteiger partial charge in [-0.2, -0.15) is 0 Å². The van der Waals surface area contributed by atoms with E-state index in [9.17, 15) is 4.79 Å². The van der Waals surface area contributed by atoms with E-state index in [4.69, 9.17) is 4.98 Å². The molecule has 1 aliphatic heterocycles. The summed E-state index contributed by atoms with van der Waals surface area (Å²) < 4.78 is 2.31. The molecule has 0 aliphatic carbocycles. The highest BCUT2D eigenvalue weighted by Gasteiger charge is 2.34. The number of hydrogen-bond donors (Lipinski definition) is 0. The van der Waals surface area contributed by atoms with Crippen molar-refractivity contribution in [3.8, 4) is 0 Å². The van der Waals surface area contributed by atoms with E-state index in [1.54, 1.807) is 0 Å². The Morgan fingerprint density at radius 2 is 1.64 bits per heavy atom. The number of benzene rings is 4. The fourth-order valence-corrected chi connectivity index (χ4v) is 5.03. The highest BCUT2D eigenvalue weighted by Crippen LogP contribution is 2.34. The summed E-state index contributed by atoms with van der Waals surface area (Å²) in [5, 5.41) is 2.50. The molecule has 1 atom stereocenters. The number of nitrogens with zero attached hydrogens (tertiary/aromatic N) is 3. The first-order valence-corrected chi connectivity index (χ1v) is 11.5. The molecule has 1 aliphatic rings. The second kappa shape index (κ2) is 7.89. The van der Waals surface area contributed by atoms with E-state index in [1.807, 2.05) is 23.1 Å². The summed E-state index contributed by atoms with van der Waals surface area (Å²) in [5.74, 6) is 1.21. The molecule has 0 saturated carbocycles. The number of imidazole rings is 1. The number of hydrogen-bond acceptors (Lipinski definition) is 2. The largest absolute Gasteiger partial charge is 0.323 e. The summed E-state index contributed by atoms with van der Waals surface area (Å²) in [7, 11) is 0. The van der Waals surface area contributed by atoms with E-state index >= 15 is 0 Å². The molecular formula is C29H25N3O. The smallest absolute Gasteiger partial charge is 0.227 e. The molecule has 0 unspecified atom stereocenters. The molecule has 33 heavy (non-hydrogen) atoms. The van der Waals surface area contributed by atoms with Crippen LogP contribution in [0.2, 0.25) is 0 Å². The lowest BCUT2D eigenvalue weighted by molar-refractivity contribution is -0.117. The van der Waals surface area contributed by atoms with Crippen LogP contribution < -0.4 is 4.90 Å². The fourth-order valence-electron chi connectivity index (χ4n) is 5.03. The van der Waals surface area contributed by atoms with Gasteiger partial charge in [-0.25, -0.2) is 4.98 Å². The van der Waals surface area contributed by atoms with Crippen molar-refractivity contribution >= 4 is 33.4 Å². The average molecular weight is 432 g/mol. The Labute approximate surface area is 193 Å². The van der Waals surface area contributed by atoms with Crippen LogP contribution in [-0.4, -0.2) is 22.0 Å². The maximum Gasteiger partial charge on any atom is 0.227 e. The second-order valence-corrected chi connectivity index (χ2v) is 8.92. The molecule has 4 nitrogen and oxygen atoms in total. The molecule has 0 spiro atoms. The molecule has 2 heterocycles. The maximum absolute atomic E-state index is 13.0. The van der Waals surface area contributed by atoms with Gasteiger partial charge in [0.1, 0.15) is 5.82 Å². The number of amides is 1. The number of carbonyl (C=O) groups is 1. The molecule has 5 aromatic rings. The minimum absolute atomic E-state index is 0.0566. The third-order valence-corrected chi connectivity index (χ3v) is 6.73. The molecule has 4 heteroatoms. The van der Waals surface area contributed by atoms with Gasteiger partial charge in [0.15, 0.2) is 0 Å². The van der Waals surface area contributed by atoms with Gasteiger partial charge >= 0.3 is 0 Å². The molecule has 0 radical (unpaired) electrons. The van der Waals surface area contributed by atoms with E-state index in [1.165, 1.54) is 21.9 Å². The third kappa shape index (κ3) is 3.48. The second-order valence-electron chi connectivity index (χ2n) is 8.92. The predicted molar refractivity (Wildman–Crippen MR) is 134 cm³/mol. The molecule has 162 valence electrons. The molecule has 6 rings (SSSR count). The van der Waals surface area contributed by atoms with Crippen molar-refractivity contribution in [1.29, 1.82) is 0 Å². The van der Waals surface area contributed by atoms with Gasteiger partial charge < -0.3 is 9.47 Å². The SMILES string of the molecule is Cc1ccc(N2C[C@H](c3nc4ccccc4n3Cc3cccc4ccccc34)CC2=O)cc1. The molecule has 1 fully saturated rings. The lowest BCUT2D eigenvalue weighted by atomic mass is 10.0.